The van der Waals surface area contributed by atoms with Gasteiger partial charge in [-0.1, -0.05) is 66.7 Å². The Morgan fingerprint density at radius 1 is 0.938 bits per heavy atom. The number of ether oxygens (including phenoxy) is 1. The first-order valence-electron chi connectivity index (χ1n) is 15.2. The van der Waals surface area contributed by atoms with Crippen LogP contribution >= 0.6 is 7.26 Å². The molecule has 1 fully saturated rings. The molecule has 1 aromatic heterocycles. The highest BCUT2D eigenvalue weighted by atomic mass is 32.3. The van der Waals surface area contributed by atoms with E-state index in [1.165, 1.54) is 33.2 Å². The lowest BCUT2D eigenvalue weighted by Gasteiger charge is -2.23. The molecule has 2 bridgehead atoms. The van der Waals surface area contributed by atoms with Crippen molar-refractivity contribution >= 4 is 51.3 Å². The molecule has 1 unspecified atom stereocenters. The SMILES string of the molecule is CC(C)(C)OC(=O)n1cc(C2=CC3CN(C2)C(=O)N3OS(=O)(=O)[O-])cn1.CC=C[P+](c1ccccc1)(c1ccccc1)c1ccccc1. The van der Waals surface area contributed by atoms with Gasteiger partial charge >= 0.3 is 12.1 Å². The molecule has 2 aliphatic rings. The fraction of sp³-hybridized carbons (Fsp3) is 0.229. The molecule has 0 saturated carbocycles. The zero-order valence-electron chi connectivity index (χ0n) is 27.0. The molecule has 0 aliphatic carbocycles. The van der Waals surface area contributed by atoms with E-state index in [1.54, 1.807) is 26.8 Å². The van der Waals surface area contributed by atoms with Crippen LogP contribution in [0.4, 0.5) is 9.59 Å². The number of carbonyl (C=O) groups is 2. The van der Waals surface area contributed by atoms with E-state index in [-0.39, 0.29) is 13.1 Å². The largest absolute Gasteiger partial charge is 0.724 e. The highest BCUT2D eigenvalue weighted by Crippen LogP contribution is 2.56. The summed E-state index contributed by atoms with van der Waals surface area (Å²) in [7, 11) is -6.80. The van der Waals surface area contributed by atoms with Crippen molar-refractivity contribution in [3.05, 3.63) is 127 Å². The number of urea groups is 1. The number of nitrogens with zero attached hydrogens (tertiary/aromatic N) is 4. The Kier molecular flexibility index (Phi) is 10.3. The van der Waals surface area contributed by atoms with E-state index in [4.69, 9.17) is 4.74 Å². The van der Waals surface area contributed by atoms with Gasteiger partial charge in [-0.25, -0.2) is 18.0 Å². The second-order valence-corrected chi connectivity index (χ2v) is 16.4. The van der Waals surface area contributed by atoms with Gasteiger partial charge in [-0.15, -0.1) is 0 Å². The maximum Gasteiger partial charge on any atom is 0.435 e. The smallest absolute Gasteiger partial charge is 0.435 e. The number of benzene rings is 3. The molecule has 11 nitrogen and oxygen atoms in total. The summed E-state index contributed by atoms with van der Waals surface area (Å²) in [6.07, 6.45) is 6.03. The van der Waals surface area contributed by atoms with Crippen LogP contribution < -0.4 is 15.9 Å². The van der Waals surface area contributed by atoms with E-state index < -0.39 is 41.4 Å². The molecule has 0 radical (unpaired) electrons. The third-order valence-electron chi connectivity index (χ3n) is 7.49. The summed E-state index contributed by atoms with van der Waals surface area (Å²) in [5.41, 5.74) is 0.524. The molecule has 2 amide bonds. The molecule has 0 N–H and O–H groups in total. The highest BCUT2D eigenvalue weighted by Gasteiger charge is 2.43. The summed E-state index contributed by atoms with van der Waals surface area (Å²) in [5, 5.41) is 8.67. The van der Waals surface area contributed by atoms with Gasteiger partial charge in [0, 0.05) is 24.8 Å². The van der Waals surface area contributed by atoms with Crippen LogP contribution in [0, 0.1) is 0 Å². The van der Waals surface area contributed by atoms with Gasteiger partial charge in [-0.05, 0) is 69.7 Å². The fourth-order valence-electron chi connectivity index (χ4n) is 5.59. The topological polar surface area (TPSA) is 134 Å². The molecular formula is C35H37N4O7PS. The molecular weight excluding hydrogens is 651 g/mol. The number of aromatic nitrogens is 2. The van der Waals surface area contributed by atoms with Crippen LogP contribution in [0.25, 0.3) is 5.57 Å². The van der Waals surface area contributed by atoms with Crippen molar-refractivity contribution in [2.45, 2.75) is 39.3 Å². The normalized spacial score (nSPS) is 16.4. The van der Waals surface area contributed by atoms with Crippen molar-refractivity contribution in [2.24, 2.45) is 0 Å². The van der Waals surface area contributed by atoms with Gasteiger partial charge in [0.15, 0.2) is 0 Å². The molecule has 3 heterocycles. The van der Waals surface area contributed by atoms with Gasteiger partial charge < -0.3 is 14.2 Å². The number of fused-ring (bicyclic) bond motifs is 2. The first-order chi connectivity index (χ1) is 22.8. The van der Waals surface area contributed by atoms with E-state index in [9.17, 15) is 22.6 Å². The highest BCUT2D eigenvalue weighted by molar-refractivity contribution is 7.98. The predicted octanol–water partition coefficient (Wildman–Crippen LogP) is 5.08. The van der Waals surface area contributed by atoms with Gasteiger partial charge in [0.25, 0.3) is 0 Å². The quantitative estimate of drug-likeness (QED) is 0.149. The number of hydroxylamine groups is 2. The Morgan fingerprint density at radius 2 is 1.46 bits per heavy atom. The van der Waals surface area contributed by atoms with Crippen LogP contribution in [0.15, 0.2) is 121 Å². The average molecular weight is 689 g/mol. The number of amides is 2. The van der Waals surface area contributed by atoms with Crippen molar-refractivity contribution in [2.75, 3.05) is 13.1 Å². The van der Waals surface area contributed by atoms with Crippen molar-refractivity contribution in [3.8, 4) is 0 Å². The number of hydrogen-bond donors (Lipinski definition) is 0. The zero-order valence-corrected chi connectivity index (χ0v) is 28.8. The maximum absolute atomic E-state index is 12.1. The molecule has 13 heteroatoms. The molecule has 48 heavy (non-hydrogen) atoms. The Balaban J connectivity index is 0.000000190. The summed E-state index contributed by atoms with van der Waals surface area (Å²) in [6, 6.07) is 31.2. The lowest BCUT2D eigenvalue weighted by molar-refractivity contribution is -0.0195. The van der Waals surface area contributed by atoms with Crippen LogP contribution in [0.1, 0.15) is 33.3 Å². The molecule has 250 valence electrons. The number of hydrogen-bond acceptors (Lipinski definition) is 8. The second-order valence-electron chi connectivity index (χ2n) is 12.1. The minimum atomic E-state index is -5.06. The standard InChI is InChI=1S/C21H20P.C14H18N4O7S/c1-2-18-22(19-12-6-3-7-13-19,20-14-8-4-9-15-20)21-16-10-5-11-17-21;1-14(2,3)24-13(20)17-7-10(5-15-17)9-4-11-8-16(6-9)12(19)18(11)25-26(21,22)23/h2-18H,1H3;4-5,7,11H,6,8H2,1-3H3,(H,21,22,23)/q+1;/p-1. The Morgan fingerprint density at radius 3 is 1.92 bits per heavy atom. The monoisotopic (exact) mass is 688 g/mol. The summed E-state index contributed by atoms with van der Waals surface area (Å²) in [4.78, 5) is 25.5. The van der Waals surface area contributed by atoms with Crippen LogP contribution in [0.3, 0.4) is 0 Å². The van der Waals surface area contributed by atoms with Gasteiger partial charge in [0.1, 0.15) is 28.8 Å². The van der Waals surface area contributed by atoms with Gasteiger partial charge in [0.05, 0.1) is 18.1 Å². The van der Waals surface area contributed by atoms with Crippen LogP contribution in [0.2, 0.25) is 0 Å². The van der Waals surface area contributed by atoms with Gasteiger partial charge in [0.2, 0.25) is 10.4 Å². The summed E-state index contributed by atoms with van der Waals surface area (Å²) < 4.78 is 42.8. The lowest BCUT2D eigenvalue weighted by atomic mass is 10.0. The Bertz CT molecular complexity index is 1810. The number of rotatable bonds is 7. The van der Waals surface area contributed by atoms with E-state index in [0.29, 0.717) is 16.2 Å². The molecule has 2 aliphatic heterocycles. The molecule has 4 aromatic rings. The summed E-state index contributed by atoms with van der Waals surface area (Å²) in [5.74, 6) is 2.41. The van der Waals surface area contributed by atoms with Crippen molar-refractivity contribution < 1.29 is 31.6 Å². The molecule has 1 saturated heterocycles. The molecule has 0 spiro atoms. The van der Waals surface area contributed by atoms with E-state index in [2.05, 4.69) is 119 Å². The lowest BCUT2D eigenvalue weighted by Crippen LogP contribution is -2.35. The molecule has 6 rings (SSSR count). The first-order valence-corrected chi connectivity index (χ1v) is 18.4. The minimum Gasteiger partial charge on any atom is -0.724 e. The van der Waals surface area contributed by atoms with Crippen LogP contribution in [0.5, 0.6) is 0 Å². The molecule has 3 aromatic carbocycles. The Hall–Kier alpha value is -4.61. The second kappa shape index (κ2) is 14.2. The average Bonchev–Trinajstić information content (AvgIpc) is 3.64. The van der Waals surface area contributed by atoms with Gasteiger partial charge in [-0.3, -0.25) is 0 Å². The van der Waals surface area contributed by atoms with E-state index >= 15 is 0 Å². The fourth-order valence-corrected chi connectivity index (χ4v) is 9.75. The van der Waals surface area contributed by atoms with E-state index in [1.807, 2.05) is 0 Å². The van der Waals surface area contributed by atoms with Gasteiger partial charge in [-0.2, -0.15) is 19.1 Å². The zero-order chi connectivity index (χ0) is 34.5. The summed E-state index contributed by atoms with van der Waals surface area (Å²) >= 11 is 0. The molecule has 1 atom stereocenters. The maximum atomic E-state index is 12.1. The van der Waals surface area contributed by atoms with Crippen molar-refractivity contribution in [3.63, 3.8) is 0 Å². The minimum absolute atomic E-state index is 0.161. The van der Waals surface area contributed by atoms with Crippen LogP contribution in [-0.4, -0.2) is 69.6 Å². The summed E-state index contributed by atoms with van der Waals surface area (Å²) in [6.45, 7) is 7.66. The third kappa shape index (κ3) is 7.91. The van der Waals surface area contributed by atoms with E-state index in [0.717, 1.165) is 4.68 Å². The van der Waals surface area contributed by atoms with Crippen LogP contribution in [-0.2, 0) is 19.4 Å². The number of carbonyl (C=O) groups excluding carboxylic acids is 2. The first kappa shape index (κ1) is 34.7. The third-order valence-corrected chi connectivity index (χ3v) is 11.9. The van der Waals surface area contributed by atoms with Crippen molar-refractivity contribution in [1.82, 2.24) is 19.7 Å². The predicted molar refractivity (Wildman–Crippen MR) is 185 cm³/mol. The van der Waals surface area contributed by atoms with Crippen molar-refractivity contribution in [1.29, 1.82) is 0 Å². The number of allylic oxidation sites excluding steroid dienone is 1. The Labute approximate surface area is 281 Å².